The number of aliphatic hydroxyl groups is 1. The topological polar surface area (TPSA) is 66.4 Å². The molecule has 0 amide bonds. The average Bonchev–Trinajstić information content (AvgIpc) is 2.40. The highest BCUT2D eigenvalue weighted by molar-refractivity contribution is 7.92. The highest BCUT2D eigenvalue weighted by atomic mass is 32.2. The van der Waals surface area contributed by atoms with Crippen LogP contribution in [0.15, 0.2) is 18.2 Å². The molecule has 116 valence electrons. The van der Waals surface area contributed by atoms with Gasteiger partial charge in [0.15, 0.2) is 0 Å². The summed E-state index contributed by atoms with van der Waals surface area (Å²) in [4.78, 5) is 0. The number of rotatable bonds is 6. The van der Waals surface area contributed by atoms with Gasteiger partial charge in [0.2, 0.25) is 10.0 Å². The van der Waals surface area contributed by atoms with Crippen LogP contribution in [-0.2, 0) is 10.0 Å². The maximum atomic E-state index is 12.0. The Bertz CT molecular complexity index is 625. The second-order valence-corrected chi connectivity index (χ2v) is 7.25. The number of aryl methyl sites for hydroxylation is 1. The van der Waals surface area contributed by atoms with Crippen molar-refractivity contribution < 1.29 is 13.5 Å². The van der Waals surface area contributed by atoms with Crippen LogP contribution in [0.25, 0.3) is 0 Å². The van der Waals surface area contributed by atoms with Crippen LogP contribution in [0.5, 0.6) is 0 Å². The van der Waals surface area contributed by atoms with Crippen LogP contribution in [0.2, 0.25) is 0 Å². The van der Waals surface area contributed by atoms with Crippen LogP contribution in [-0.4, -0.2) is 25.9 Å². The van der Waals surface area contributed by atoms with Crippen molar-refractivity contribution in [1.82, 2.24) is 0 Å². The van der Waals surface area contributed by atoms with Gasteiger partial charge in [0.1, 0.15) is 0 Å². The number of sulfonamides is 1. The third-order valence-electron chi connectivity index (χ3n) is 2.94. The van der Waals surface area contributed by atoms with Crippen molar-refractivity contribution >= 4 is 15.7 Å². The molecule has 1 rings (SSSR count). The zero-order valence-electron chi connectivity index (χ0n) is 12.8. The first-order chi connectivity index (χ1) is 9.84. The van der Waals surface area contributed by atoms with Gasteiger partial charge >= 0.3 is 0 Å². The van der Waals surface area contributed by atoms with E-state index in [1.165, 1.54) is 0 Å². The quantitative estimate of drug-likeness (QED) is 0.794. The van der Waals surface area contributed by atoms with E-state index in [1.54, 1.807) is 6.07 Å². The molecule has 0 aromatic heterocycles. The summed E-state index contributed by atoms with van der Waals surface area (Å²) in [6.45, 7) is 5.87. The third kappa shape index (κ3) is 6.65. The molecular weight excluding hydrogens is 286 g/mol. The minimum absolute atomic E-state index is 0.0214. The molecule has 0 spiro atoms. The Labute approximate surface area is 127 Å². The fourth-order valence-corrected chi connectivity index (χ4v) is 3.08. The number of hydrogen-bond acceptors (Lipinski definition) is 3. The SMILES string of the molecule is Cc1ccc(C#CCCO)cc1NS(=O)(=O)CCC(C)C. The van der Waals surface area contributed by atoms with Gasteiger partial charge in [-0.15, -0.1) is 0 Å². The number of hydrogen-bond donors (Lipinski definition) is 2. The molecule has 0 aliphatic carbocycles. The summed E-state index contributed by atoms with van der Waals surface area (Å²) in [5.74, 6) is 6.19. The lowest BCUT2D eigenvalue weighted by Gasteiger charge is -2.12. The standard InChI is InChI=1S/C16H23NO3S/c1-13(2)9-11-21(19,20)17-16-12-15(6-4-5-10-18)8-7-14(16)3/h7-8,12-13,17-18H,5,9-11H2,1-3H3. The fourth-order valence-electron chi connectivity index (χ4n) is 1.64. The normalized spacial score (nSPS) is 11.1. The Balaban J connectivity index is 2.88. The summed E-state index contributed by atoms with van der Waals surface area (Å²) < 4.78 is 26.7. The molecule has 0 heterocycles. The minimum atomic E-state index is -3.33. The van der Waals surface area contributed by atoms with E-state index in [2.05, 4.69) is 16.6 Å². The molecule has 21 heavy (non-hydrogen) atoms. The van der Waals surface area contributed by atoms with Crippen molar-refractivity contribution in [2.75, 3.05) is 17.1 Å². The third-order valence-corrected chi connectivity index (χ3v) is 4.24. The summed E-state index contributed by atoms with van der Waals surface area (Å²) in [6, 6.07) is 5.40. The molecule has 1 aromatic rings. The van der Waals surface area contributed by atoms with E-state index < -0.39 is 10.0 Å². The summed E-state index contributed by atoms with van der Waals surface area (Å²) in [5, 5.41) is 8.71. The molecule has 0 saturated heterocycles. The summed E-state index contributed by atoms with van der Waals surface area (Å²) in [7, 11) is -3.33. The molecule has 0 unspecified atom stereocenters. The molecule has 0 bridgehead atoms. The van der Waals surface area contributed by atoms with E-state index in [0.29, 0.717) is 24.4 Å². The first-order valence-electron chi connectivity index (χ1n) is 7.05. The summed E-state index contributed by atoms with van der Waals surface area (Å²) >= 11 is 0. The van der Waals surface area contributed by atoms with Gasteiger partial charge in [0.05, 0.1) is 18.0 Å². The first kappa shape index (κ1) is 17.5. The molecule has 0 fully saturated rings. The van der Waals surface area contributed by atoms with Crippen molar-refractivity contribution in [3.8, 4) is 11.8 Å². The largest absolute Gasteiger partial charge is 0.395 e. The Morgan fingerprint density at radius 1 is 1.33 bits per heavy atom. The van der Waals surface area contributed by atoms with Gasteiger partial charge in [-0.1, -0.05) is 31.8 Å². The molecule has 2 N–H and O–H groups in total. The summed E-state index contributed by atoms with van der Waals surface area (Å²) in [6.07, 6.45) is 1.04. The highest BCUT2D eigenvalue weighted by Gasteiger charge is 2.12. The molecule has 5 heteroatoms. The Morgan fingerprint density at radius 2 is 2.05 bits per heavy atom. The van der Waals surface area contributed by atoms with Gasteiger partial charge in [0.25, 0.3) is 0 Å². The minimum Gasteiger partial charge on any atom is -0.395 e. The zero-order valence-corrected chi connectivity index (χ0v) is 13.6. The van der Waals surface area contributed by atoms with E-state index in [0.717, 1.165) is 11.1 Å². The van der Waals surface area contributed by atoms with Crippen LogP contribution < -0.4 is 4.72 Å². The highest BCUT2D eigenvalue weighted by Crippen LogP contribution is 2.18. The van der Waals surface area contributed by atoms with E-state index in [4.69, 9.17) is 5.11 Å². The van der Waals surface area contributed by atoms with Crippen molar-refractivity contribution in [3.05, 3.63) is 29.3 Å². The molecule has 0 aliphatic rings. The van der Waals surface area contributed by atoms with Gasteiger partial charge in [-0.2, -0.15) is 0 Å². The molecular formula is C16H23NO3S. The van der Waals surface area contributed by atoms with Crippen molar-refractivity contribution in [2.45, 2.75) is 33.6 Å². The lowest BCUT2D eigenvalue weighted by atomic mass is 10.1. The Morgan fingerprint density at radius 3 is 2.67 bits per heavy atom. The number of benzene rings is 1. The van der Waals surface area contributed by atoms with Crippen LogP contribution in [0.3, 0.4) is 0 Å². The zero-order chi connectivity index (χ0) is 15.9. The van der Waals surface area contributed by atoms with E-state index in [1.807, 2.05) is 32.9 Å². The molecule has 4 nitrogen and oxygen atoms in total. The monoisotopic (exact) mass is 309 g/mol. The van der Waals surface area contributed by atoms with Gasteiger partial charge in [-0.25, -0.2) is 8.42 Å². The predicted octanol–water partition coefficient (Wildman–Crippen LogP) is 2.52. The van der Waals surface area contributed by atoms with Gasteiger partial charge in [-0.05, 0) is 37.0 Å². The lowest BCUT2D eigenvalue weighted by Crippen LogP contribution is -2.18. The maximum Gasteiger partial charge on any atom is 0.232 e. The van der Waals surface area contributed by atoms with E-state index >= 15 is 0 Å². The van der Waals surface area contributed by atoms with Crippen LogP contribution >= 0.6 is 0 Å². The van der Waals surface area contributed by atoms with Crippen LogP contribution in [0.1, 0.15) is 37.8 Å². The van der Waals surface area contributed by atoms with Gasteiger partial charge in [0, 0.05) is 12.0 Å². The molecule has 1 aromatic carbocycles. The van der Waals surface area contributed by atoms with Crippen LogP contribution in [0.4, 0.5) is 5.69 Å². The molecule has 0 saturated carbocycles. The van der Waals surface area contributed by atoms with Gasteiger partial charge in [-0.3, -0.25) is 4.72 Å². The molecule has 0 radical (unpaired) electrons. The van der Waals surface area contributed by atoms with Gasteiger partial charge < -0.3 is 5.11 Å². The van der Waals surface area contributed by atoms with E-state index in [-0.39, 0.29) is 12.4 Å². The fraction of sp³-hybridized carbons (Fsp3) is 0.500. The second-order valence-electron chi connectivity index (χ2n) is 5.41. The van der Waals surface area contributed by atoms with Crippen molar-refractivity contribution in [2.24, 2.45) is 5.92 Å². The molecule has 0 atom stereocenters. The maximum absolute atomic E-state index is 12.0. The predicted molar refractivity (Wildman–Crippen MR) is 86.6 cm³/mol. The second kappa shape index (κ2) is 8.06. The number of aliphatic hydroxyl groups excluding tert-OH is 1. The number of anilines is 1. The van der Waals surface area contributed by atoms with E-state index in [9.17, 15) is 8.42 Å². The van der Waals surface area contributed by atoms with Crippen molar-refractivity contribution in [3.63, 3.8) is 0 Å². The Kier molecular flexibility index (Phi) is 6.73. The number of nitrogens with one attached hydrogen (secondary N) is 1. The van der Waals surface area contributed by atoms with Crippen molar-refractivity contribution in [1.29, 1.82) is 0 Å². The summed E-state index contributed by atoms with van der Waals surface area (Å²) in [5.41, 5.74) is 2.15. The smallest absolute Gasteiger partial charge is 0.232 e. The van der Waals surface area contributed by atoms with Crippen LogP contribution in [0, 0.1) is 24.7 Å². The average molecular weight is 309 g/mol. The molecule has 0 aliphatic heterocycles. The lowest BCUT2D eigenvalue weighted by molar-refractivity contribution is 0.305. The Hall–Kier alpha value is -1.51. The first-order valence-corrected chi connectivity index (χ1v) is 8.70.